The van der Waals surface area contributed by atoms with Gasteiger partial charge in [-0.3, -0.25) is 14.9 Å². The maximum atomic E-state index is 11.0. The Morgan fingerprint density at radius 2 is 1.95 bits per heavy atom. The van der Waals surface area contributed by atoms with Crippen molar-refractivity contribution >= 4 is 11.7 Å². The monoisotopic (exact) mass is 300 g/mol. The number of hydrogen-bond donors (Lipinski definition) is 2. The van der Waals surface area contributed by atoms with E-state index in [1.54, 1.807) is 0 Å². The zero-order valence-corrected chi connectivity index (χ0v) is 11.6. The molecular weight excluding hydrogens is 284 g/mol. The first-order chi connectivity index (χ1) is 9.90. The van der Waals surface area contributed by atoms with Gasteiger partial charge in [0.05, 0.1) is 44.0 Å². The van der Waals surface area contributed by atoms with Crippen molar-refractivity contribution in [2.75, 3.05) is 20.8 Å². The van der Waals surface area contributed by atoms with Crippen molar-refractivity contribution in [3.8, 4) is 11.5 Å². The number of benzene rings is 1. The molecule has 0 bridgehead atoms. The van der Waals surface area contributed by atoms with Crippen molar-refractivity contribution in [1.29, 1.82) is 0 Å². The summed E-state index contributed by atoms with van der Waals surface area (Å²) in [6.45, 7) is -0.432. The van der Waals surface area contributed by atoms with E-state index in [4.69, 9.17) is 25.1 Å². The zero-order valence-electron chi connectivity index (χ0n) is 11.6. The number of carboxylic acid groups (broad SMARTS) is 1. The number of nitrogens with zero attached hydrogens (tertiary/aromatic N) is 1. The molecule has 0 aromatic heterocycles. The fourth-order valence-electron chi connectivity index (χ4n) is 1.56. The number of hydrogen-bond acceptors (Lipinski definition) is 7. The Kier molecular flexibility index (Phi) is 5.88. The maximum Gasteiger partial charge on any atom is 0.322 e. The van der Waals surface area contributed by atoms with Crippen LogP contribution in [0.25, 0.3) is 0 Å². The van der Waals surface area contributed by atoms with Crippen LogP contribution in [0.15, 0.2) is 12.1 Å². The first kappa shape index (κ1) is 16.7. The van der Waals surface area contributed by atoms with Gasteiger partial charge < -0.3 is 25.1 Å². The third-order valence-corrected chi connectivity index (χ3v) is 2.65. The van der Waals surface area contributed by atoms with Gasteiger partial charge in [0.15, 0.2) is 11.5 Å². The number of ether oxygens (including phenoxy) is 3. The summed E-state index contributed by atoms with van der Waals surface area (Å²) in [7, 11) is 2.76. The van der Waals surface area contributed by atoms with E-state index in [9.17, 15) is 14.9 Å². The second kappa shape index (κ2) is 7.41. The first-order valence-corrected chi connectivity index (χ1v) is 5.86. The number of nitro benzene ring substituents is 1. The molecule has 0 saturated carbocycles. The topological polar surface area (TPSA) is 134 Å². The summed E-state index contributed by atoms with van der Waals surface area (Å²) in [5, 5.41) is 19.7. The highest BCUT2D eigenvalue weighted by Crippen LogP contribution is 2.34. The van der Waals surface area contributed by atoms with Gasteiger partial charge in [-0.1, -0.05) is 0 Å². The first-order valence-electron chi connectivity index (χ1n) is 5.86. The number of nitrogens with two attached hydrogens (primary N) is 1. The second-order valence-electron chi connectivity index (χ2n) is 4.05. The van der Waals surface area contributed by atoms with Gasteiger partial charge in [-0.05, 0) is 6.07 Å². The highest BCUT2D eigenvalue weighted by atomic mass is 16.6. The van der Waals surface area contributed by atoms with Crippen LogP contribution >= 0.6 is 0 Å². The Morgan fingerprint density at radius 3 is 2.43 bits per heavy atom. The van der Waals surface area contributed by atoms with Gasteiger partial charge in [-0.15, -0.1) is 0 Å². The van der Waals surface area contributed by atoms with Gasteiger partial charge in [-0.25, -0.2) is 0 Å². The summed E-state index contributed by atoms with van der Waals surface area (Å²) in [5.41, 5.74) is 5.30. The number of nitro groups is 1. The minimum absolute atomic E-state index is 0.169. The molecule has 116 valence electrons. The van der Waals surface area contributed by atoms with Gasteiger partial charge in [0.1, 0.15) is 6.04 Å². The molecule has 0 aliphatic rings. The quantitative estimate of drug-likeness (QED) is 0.524. The standard InChI is InChI=1S/C12H16N2O7/c1-19-10-3-7(5-21-6-8(13)12(15)16)9(14(17)18)4-11(10)20-2/h3-4,8H,5-6,13H2,1-2H3,(H,15,16)/t8-/m0/s1. The third kappa shape index (κ3) is 4.29. The van der Waals surface area contributed by atoms with Crippen molar-refractivity contribution in [3.63, 3.8) is 0 Å². The largest absolute Gasteiger partial charge is 0.493 e. The highest BCUT2D eigenvalue weighted by molar-refractivity contribution is 5.73. The molecule has 0 radical (unpaired) electrons. The van der Waals surface area contributed by atoms with E-state index < -0.39 is 16.9 Å². The molecule has 0 unspecified atom stereocenters. The molecule has 1 atom stereocenters. The van der Waals surface area contributed by atoms with E-state index >= 15 is 0 Å². The summed E-state index contributed by atoms with van der Waals surface area (Å²) < 4.78 is 15.1. The number of carbonyl (C=O) groups is 1. The highest BCUT2D eigenvalue weighted by Gasteiger charge is 2.20. The number of rotatable bonds is 8. The predicted molar refractivity (Wildman–Crippen MR) is 71.5 cm³/mol. The lowest BCUT2D eigenvalue weighted by molar-refractivity contribution is -0.386. The Balaban J connectivity index is 2.94. The van der Waals surface area contributed by atoms with Crippen LogP contribution in [0.2, 0.25) is 0 Å². The molecule has 0 aliphatic carbocycles. The molecule has 0 spiro atoms. The fourth-order valence-corrected chi connectivity index (χ4v) is 1.56. The third-order valence-electron chi connectivity index (χ3n) is 2.65. The van der Waals surface area contributed by atoms with E-state index in [2.05, 4.69) is 0 Å². The Bertz CT molecular complexity index is 533. The van der Waals surface area contributed by atoms with Crippen LogP contribution in [-0.4, -0.2) is 42.9 Å². The van der Waals surface area contributed by atoms with Crippen molar-refractivity contribution in [2.45, 2.75) is 12.6 Å². The lowest BCUT2D eigenvalue weighted by atomic mass is 10.1. The molecule has 1 aromatic rings. The molecule has 0 aliphatic heterocycles. The summed E-state index contributed by atoms with van der Waals surface area (Å²) in [4.78, 5) is 21.0. The predicted octanol–water partition coefficient (Wildman–Crippen LogP) is 0.541. The molecule has 9 heteroatoms. The van der Waals surface area contributed by atoms with Gasteiger partial charge in [0, 0.05) is 0 Å². The lowest BCUT2D eigenvalue weighted by Crippen LogP contribution is -2.34. The summed E-state index contributed by atoms with van der Waals surface area (Å²) >= 11 is 0. The van der Waals surface area contributed by atoms with Crippen LogP contribution < -0.4 is 15.2 Å². The van der Waals surface area contributed by atoms with E-state index in [1.807, 2.05) is 0 Å². The minimum atomic E-state index is -1.21. The maximum absolute atomic E-state index is 11.0. The molecule has 1 aromatic carbocycles. The lowest BCUT2D eigenvalue weighted by Gasteiger charge is -2.11. The van der Waals surface area contributed by atoms with E-state index in [0.29, 0.717) is 5.75 Å². The smallest absolute Gasteiger partial charge is 0.322 e. The number of methoxy groups -OCH3 is 2. The van der Waals surface area contributed by atoms with Crippen LogP contribution in [0.5, 0.6) is 11.5 Å². The zero-order chi connectivity index (χ0) is 16.0. The Morgan fingerprint density at radius 1 is 1.38 bits per heavy atom. The average molecular weight is 300 g/mol. The summed E-state index contributed by atoms with van der Waals surface area (Å²) in [6, 6.07) is 1.43. The average Bonchev–Trinajstić information content (AvgIpc) is 2.45. The van der Waals surface area contributed by atoms with Crippen LogP contribution in [0.1, 0.15) is 5.56 Å². The van der Waals surface area contributed by atoms with Crippen LogP contribution in [0, 0.1) is 10.1 Å². The van der Waals surface area contributed by atoms with Crippen molar-refractivity contribution < 1.29 is 29.0 Å². The van der Waals surface area contributed by atoms with Crippen LogP contribution in [-0.2, 0) is 16.1 Å². The number of carboxylic acids is 1. The van der Waals surface area contributed by atoms with Gasteiger partial charge >= 0.3 is 5.97 Å². The van der Waals surface area contributed by atoms with Gasteiger partial charge in [-0.2, -0.15) is 0 Å². The fraction of sp³-hybridized carbons (Fsp3) is 0.417. The van der Waals surface area contributed by atoms with Crippen molar-refractivity contribution in [3.05, 3.63) is 27.8 Å². The normalized spacial score (nSPS) is 11.8. The van der Waals surface area contributed by atoms with Crippen LogP contribution in [0.4, 0.5) is 5.69 Å². The van der Waals surface area contributed by atoms with E-state index in [1.165, 1.54) is 26.4 Å². The van der Waals surface area contributed by atoms with Crippen molar-refractivity contribution in [1.82, 2.24) is 0 Å². The molecular formula is C12H16N2O7. The van der Waals surface area contributed by atoms with Gasteiger partial charge in [0.25, 0.3) is 5.69 Å². The summed E-state index contributed by atoms with van der Waals surface area (Å²) in [6.07, 6.45) is 0. The van der Waals surface area contributed by atoms with Crippen LogP contribution in [0.3, 0.4) is 0 Å². The van der Waals surface area contributed by atoms with E-state index in [0.717, 1.165) is 0 Å². The molecule has 21 heavy (non-hydrogen) atoms. The Labute approximate surface area is 120 Å². The van der Waals surface area contributed by atoms with E-state index in [-0.39, 0.29) is 30.2 Å². The molecule has 0 fully saturated rings. The molecule has 0 heterocycles. The molecule has 9 nitrogen and oxygen atoms in total. The SMILES string of the molecule is COc1cc(COC[C@H](N)C(=O)O)c([N+](=O)[O-])cc1OC. The molecule has 0 amide bonds. The minimum Gasteiger partial charge on any atom is -0.493 e. The summed E-state index contributed by atoms with van der Waals surface area (Å²) in [5.74, 6) is -0.684. The molecule has 1 rings (SSSR count). The molecule has 0 saturated heterocycles. The number of aliphatic carboxylic acids is 1. The molecule has 3 N–H and O–H groups in total. The second-order valence-corrected chi connectivity index (χ2v) is 4.05. The Hall–Kier alpha value is -2.39. The van der Waals surface area contributed by atoms with Crippen molar-refractivity contribution in [2.24, 2.45) is 5.73 Å². The van der Waals surface area contributed by atoms with Gasteiger partial charge in [0.2, 0.25) is 0 Å².